The molecule has 1 aromatic carbocycles. The summed E-state index contributed by atoms with van der Waals surface area (Å²) in [5.41, 5.74) is 9.66. The van der Waals surface area contributed by atoms with Crippen molar-refractivity contribution in [3.05, 3.63) is 36.5 Å². The molecule has 4 rings (SSSR count). The molecular formula is C22H29N5O. The average molecular weight is 380 g/mol. The topological polar surface area (TPSA) is 69.2 Å². The number of hydrogen-bond acceptors (Lipinski definition) is 5. The first-order chi connectivity index (χ1) is 13.6. The van der Waals surface area contributed by atoms with Gasteiger partial charge in [-0.05, 0) is 63.9 Å². The first-order valence-electron chi connectivity index (χ1n) is 10.2. The number of ether oxygens (including phenoxy) is 1. The van der Waals surface area contributed by atoms with Crippen LogP contribution in [-0.2, 0) is 11.3 Å². The lowest BCUT2D eigenvalue weighted by atomic mass is 10.2. The van der Waals surface area contributed by atoms with Crippen LogP contribution >= 0.6 is 0 Å². The average Bonchev–Trinajstić information content (AvgIpc) is 3.21. The highest BCUT2D eigenvalue weighted by Crippen LogP contribution is 2.31. The van der Waals surface area contributed by atoms with Gasteiger partial charge in [-0.2, -0.15) is 0 Å². The molecule has 2 atom stereocenters. The molecule has 1 aliphatic heterocycles. The van der Waals surface area contributed by atoms with Crippen LogP contribution in [0.2, 0.25) is 0 Å². The summed E-state index contributed by atoms with van der Waals surface area (Å²) >= 11 is 0. The van der Waals surface area contributed by atoms with E-state index in [0.29, 0.717) is 25.3 Å². The lowest BCUT2D eigenvalue weighted by Crippen LogP contribution is -2.33. The third-order valence-electron chi connectivity index (χ3n) is 5.66. The molecule has 3 heterocycles. The van der Waals surface area contributed by atoms with Gasteiger partial charge in [-0.15, -0.1) is 0 Å². The summed E-state index contributed by atoms with van der Waals surface area (Å²) in [7, 11) is 0. The first-order valence-corrected chi connectivity index (χ1v) is 10.2. The molecule has 0 radical (unpaired) electrons. The molecule has 148 valence electrons. The van der Waals surface area contributed by atoms with Crippen LogP contribution in [0.25, 0.3) is 22.4 Å². The van der Waals surface area contributed by atoms with E-state index in [2.05, 4.69) is 35.4 Å². The molecule has 0 bridgehead atoms. The van der Waals surface area contributed by atoms with Gasteiger partial charge >= 0.3 is 0 Å². The minimum absolute atomic E-state index is 0.534. The number of benzene rings is 1. The summed E-state index contributed by atoms with van der Waals surface area (Å²) in [4.78, 5) is 12.1. The Hall–Kier alpha value is -2.60. The van der Waals surface area contributed by atoms with Crippen molar-refractivity contribution in [3.63, 3.8) is 0 Å². The van der Waals surface area contributed by atoms with E-state index in [1.165, 1.54) is 12.8 Å². The highest BCUT2D eigenvalue weighted by atomic mass is 16.5. The molecule has 0 unspecified atom stereocenters. The summed E-state index contributed by atoms with van der Waals surface area (Å²) in [5.74, 6) is 1.95. The van der Waals surface area contributed by atoms with Gasteiger partial charge in [0.2, 0.25) is 0 Å². The Morgan fingerprint density at radius 3 is 2.61 bits per heavy atom. The quantitative estimate of drug-likeness (QED) is 0.516. The first kappa shape index (κ1) is 18.7. The summed E-state index contributed by atoms with van der Waals surface area (Å²) in [5, 5.41) is 0. The number of fused-ring (bicyclic) bond motifs is 1. The van der Waals surface area contributed by atoms with E-state index in [0.717, 1.165) is 40.5 Å². The molecule has 0 aliphatic carbocycles. The zero-order chi connectivity index (χ0) is 19.7. The summed E-state index contributed by atoms with van der Waals surface area (Å²) < 4.78 is 7.78. The van der Waals surface area contributed by atoms with Gasteiger partial charge in [0.25, 0.3) is 0 Å². The zero-order valence-electron chi connectivity index (χ0n) is 16.9. The molecule has 0 amide bonds. The van der Waals surface area contributed by atoms with Gasteiger partial charge in [0, 0.05) is 42.7 Å². The van der Waals surface area contributed by atoms with E-state index in [9.17, 15) is 0 Å². The fourth-order valence-electron chi connectivity index (χ4n) is 4.21. The van der Waals surface area contributed by atoms with Crippen LogP contribution in [0.3, 0.4) is 0 Å². The molecular weight excluding hydrogens is 350 g/mol. The molecule has 1 aliphatic rings. The van der Waals surface area contributed by atoms with Crippen molar-refractivity contribution >= 4 is 22.5 Å². The summed E-state index contributed by atoms with van der Waals surface area (Å²) in [6.07, 6.45) is 4.38. The van der Waals surface area contributed by atoms with Crippen LogP contribution in [0.5, 0.6) is 0 Å². The van der Waals surface area contributed by atoms with Gasteiger partial charge in [0.05, 0.1) is 17.6 Å². The van der Waals surface area contributed by atoms with Gasteiger partial charge in [0.1, 0.15) is 11.6 Å². The predicted molar refractivity (Wildman–Crippen MR) is 115 cm³/mol. The maximum absolute atomic E-state index is 5.97. The van der Waals surface area contributed by atoms with E-state index < -0.39 is 0 Å². The maximum atomic E-state index is 5.97. The molecule has 1 fully saturated rings. The van der Waals surface area contributed by atoms with Gasteiger partial charge in [-0.1, -0.05) is 0 Å². The number of nitrogens with zero attached hydrogens (tertiary/aromatic N) is 4. The Labute approximate surface area is 166 Å². The van der Waals surface area contributed by atoms with Crippen LogP contribution in [0.4, 0.5) is 11.5 Å². The van der Waals surface area contributed by atoms with Crippen LogP contribution in [0.15, 0.2) is 36.5 Å². The Kier molecular flexibility index (Phi) is 5.22. The van der Waals surface area contributed by atoms with Crippen molar-refractivity contribution in [2.75, 3.05) is 23.8 Å². The lowest BCUT2D eigenvalue weighted by Gasteiger charge is -2.27. The smallest absolute Gasteiger partial charge is 0.142 e. The monoisotopic (exact) mass is 379 g/mol. The highest BCUT2D eigenvalue weighted by molar-refractivity contribution is 5.83. The minimum Gasteiger partial charge on any atom is -0.399 e. The number of rotatable bonds is 6. The van der Waals surface area contributed by atoms with Gasteiger partial charge < -0.3 is 19.9 Å². The largest absolute Gasteiger partial charge is 0.399 e. The lowest BCUT2D eigenvalue weighted by molar-refractivity contribution is 0.140. The van der Waals surface area contributed by atoms with E-state index in [-0.39, 0.29) is 0 Å². The SMILES string of the molecule is CCOCCn1c(-c2ccc(N3[C@@H](C)CC[C@@H]3C)nc2)nc2cc(N)ccc21. The van der Waals surface area contributed by atoms with Gasteiger partial charge in [-0.3, -0.25) is 0 Å². The minimum atomic E-state index is 0.534. The number of nitrogens with two attached hydrogens (primary N) is 1. The van der Waals surface area contributed by atoms with Gasteiger partial charge in [-0.25, -0.2) is 9.97 Å². The Bertz CT molecular complexity index is 939. The fourth-order valence-corrected chi connectivity index (χ4v) is 4.21. The van der Waals surface area contributed by atoms with Crippen molar-refractivity contribution in [3.8, 4) is 11.4 Å². The third kappa shape index (κ3) is 3.44. The van der Waals surface area contributed by atoms with Crippen molar-refractivity contribution in [2.24, 2.45) is 0 Å². The van der Waals surface area contributed by atoms with E-state index in [1.54, 1.807) is 0 Å². The van der Waals surface area contributed by atoms with E-state index in [4.69, 9.17) is 20.4 Å². The standard InChI is InChI=1S/C22H29N5O/c1-4-28-12-11-26-20-9-8-18(23)13-19(20)25-22(26)17-7-10-21(24-14-17)27-15(2)5-6-16(27)3/h7-10,13-16H,4-6,11-12,23H2,1-3H3/t15-,16-/m0/s1. The maximum Gasteiger partial charge on any atom is 0.142 e. The van der Waals surface area contributed by atoms with Crippen molar-refractivity contribution in [2.45, 2.75) is 52.2 Å². The molecule has 3 aromatic rings. The fraction of sp³-hybridized carbons (Fsp3) is 0.455. The molecule has 6 heteroatoms. The van der Waals surface area contributed by atoms with Crippen molar-refractivity contribution in [1.29, 1.82) is 0 Å². The molecule has 28 heavy (non-hydrogen) atoms. The van der Waals surface area contributed by atoms with Crippen molar-refractivity contribution in [1.82, 2.24) is 14.5 Å². The van der Waals surface area contributed by atoms with Crippen LogP contribution in [0.1, 0.15) is 33.6 Å². The summed E-state index contributed by atoms with van der Waals surface area (Å²) in [6.45, 7) is 8.65. The third-order valence-corrected chi connectivity index (χ3v) is 5.66. The number of pyridine rings is 1. The summed E-state index contributed by atoms with van der Waals surface area (Å²) in [6, 6.07) is 11.2. The molecule has 2 aromatic heterocycles. The predicted octanol–water partition coefficient (Wildman–Crippen LogP) is 4.09. The number of anilines is 2. The molecule has 0 spiro atoms. The normalized spacial score (nSPS) is 19.6. The number of aromatic nitrogens is 3. The number of imidazole rings is 1. The molecule has 0 saturated carbocycles. The molecule has 6 nitrogen and oxygen atoms in total. The van der Waals surface area contributed by atoms with Crippen molar-refractivity contribution < 1.29 is 4.74 Å². The van der Waals surface area contributed by atoms with Gasteiger partial charge in [0.15, 0.2) is 0 Å². The van der Waals surface area contributed by atoms with E-state index >= 15 is 0 Å². The highest BCUT2D eigenvalue weighted by Gasteiger charge is 2.28. The van der Waals surface area contributed by atoms with E-state index in [1.807, 2.05) is 31.3 Å². The van der Waals surface area contributed by atoms with Crippen LogP contribution < -0.4 is 10.6 Å². The molecule has 2 N–H and O–H groups in total. The second kappa shape index (κ2) is 7.80. The second-order valence-corrected chi connectivity index (χ2v) is 7.62. The number of nitrogen functional groups attached to an aromatic ring is 1. The molecule has 1 saturated heterocycles. The number of hydrogen-bond donors (Lipinski definition) is 1. The Balaban J connectivity index is 1.70. The Morgan fingerprint density at radius 2 is 1.93 bits per heavy atom. The van der Waals surface area contributed by atoms with Crippen LogP contribution in [0, 0.1) is 0 Å². The Morgan fingerprint density at radius 1 is 1.14 bits per heavy atom. The van der Waals surface area contributed by atoms with Crippen LogP contribution in [-0.4, -0.2) is 39.8 Å². The zero-order valence-corrected chi connectivity index (χ0v) is 16.9. The second-order valence-electron chi connectivity index (χ2n) is 7.62.